The van der Waals surface area contributed by atoms with Crippen LogP contribution in [0.25, 0.3) is 10.9 Å². The van der Waals surface area contributed by atoms with E-state index < -0.39 is 16.2 Å². The van der Waals surface area contributed by atoms with Crippen LogP contribution in [0.15, 0.2) is 88.0 Å². The highest BCUT2D eigenvalue weighted by Gasteiger charge is 2.14. The fourth-order valence-electron chi connectivity index (χ4n) is 3.68. The van der Waals surface area contributed by atoms with Crippen molar-refractivity contribution in [1.29, 1.82) is 0 Å². The van der Waals surface area contributed by atoms with Gasteiger partial charge in [-0.3, -0.25) is 14.9 Å². The predicted molar refractivity (Wildman–Crippen MR) is 136 cm³/mol. The van der Waals surface area contributed by atoms with Crippen molar-refractivity contribution >= 4 is 22.8 Å². The van der Waals surface area contributed by atoms with Crippen LogP contribution in [-0.2, 0) is 13.0 Å². The van der Waals surface area contributed by atoms with E-state index in [1.165, 1.54) is 25.5 Å². The summed E-state index contributed by atoms with van der Waals surface area (Å²) in [7, 11) is 1.48. The van der Waals surface area contributed by atoms with Crippen molar-refractivity contribution < 1.29 is 14.4 Å². The largest absolute Gasteiger partial charge is 0.493 e. The van der Waals surface area contributed by atoms with Crippen LogP contribution < -0.4 is 20.7 Å². The number of benzene rings is 3. The first kappa shape index (κ1) is 24.1. The lowest BCUT2D eigenvalue weighted by Crippen LogP contribution is -2.32. The Bertz CT molecular complexity index is 1600. The number of methoxy groups -OCH3 is 1. The smallest absolute Gasteiger partial charge is 0.349 e. The van der Waals surface area contributed by atoms with Gasteiger partial charge in [-0.05, 0) is 41.8 Å². The van der Waals surface area contributed by atoms with E-state index in [0.717, 1.165) is 10.2 Å². The predicted octanol–water partition coefficient (Wildman–Crippen LogP) is 3.80. The fourth-order valence-corrected chi connectivity index (χ4v) is 3.68. The molecule has 36 heavy (non-hydrogen) atoms. The van der Waals surface area contributed by atoms with Gasteiger partial charge in [-0.2, -0.15) is 5.10 Å². The van der Waals surface area contributed by atoms with Crippen molar-refractivity contribution in [2.45, 2.75) is 13.0 Å². The number of ether oxygens (including phenoxy) is 2. The number of nitrogens with zero attached hydrogens (tertiary/aromatic N) is 3. The third kappa shape index (κ3) is 5.07. The Morgan fingerprint density at radius 3 is 2.69 bits per heavy atom. The Hall–Kier alpha value is -4.99. The molecule has 1 aromatic heterocycles. The summed E-state index contributed by atoms with van der Waals surface area (Å²) in [6.07, 6.45) is 3.50. The molecule has 0 aliphatic rings. The van der Waals surface area contributed by atoms with E-state index in [1.807, 2.05) is 0 Å². The van der Waals surface area contributed by atoms with Gasteiger partial charge in [0.25, 0.3) is 11.2 Å². The Labute approximate surface area is 204 Å². The molecule has 0 radical (unpaired) electrons. The van der Waals surface area contributed by atoms with E-state index in [9.17, 15) is 19.7 Å². The Morgan fingerprint density at radius 2 is 1.94 bits per heavy atom. The fraction of sp³-hybridized carbons (Fsp3) is 0.115. The first-order chi connectivity index (χ1) is 17.4. The van der Waals surface area contributed by atoms with E-state index in [1.54, 1.807) is 54.6 Å². The SMILES string of the molecule is C=CCc1cc(C=Nn2c(=O)[nH]c3ccccc3c2=O)cc(OC)c1OCc1cccc([N+](=O)[O-])c1. The van der Waals surface area contributed by atoms with E-state index in [2.05, 4.69) is 16.7 Å². The second kappa shape index (κ2) is 10.5. The molecule has 0 fully saturated rings. The van der Waals surface area contributed by atoms with Crippen LogP contribution >= 0.6 is 0 Å². The molecule has 10 nitrogen and oxygen atoms in total. The van der Waals surface area contributed by atoms with Crippen molar-refractivity contribution in [1.82, 2.24) is 9.66 Å². The molecule has 3 aromatic carbocycles. The quantitative estimate of drug-likeness (QED) is 0.166. The second-order valence-electron chi connectivity index (χ2n) is 7.76. The molecule has 0 amide bonds. The molecular weight excluding hydrogens is 464 g/mol. The number of para-hydroxylation sites is 1. The number of nitro groups is 1. The second-order valence-corrected chi connectivity index (χ2v) is 7.76. The van der Waals surface area contributed by atoms with Crippen LogP contribution in [0, 0.1) is 10.1 Å². The summed E-state index contributed by atoms with van der Waals surface area (Å²) in [5.41, 5.74) is 1.10. The summed E-state index contributed by atoms with van der Waals surface area (Å²) in [6, 6.07) is 16.3. The molecule has 10 heteroatoms. The van der Waals surface area contributed by atoms with Crippen molar-refractivity contribution in [3.8, 4) is 11.5 Å². The number of hydrogen-bond acceptors (Lipinski definition) is 7. The minimum absolute atomic E-state index is 0.0279. The van der Waals surface area contributed by atoms with Crippen LogP contribution in [0.2, 0.25) is 0 Å². The molecule has 0 bridgehead atoms. The number of fused-ring (bicyclic) bond motifs is 1. The van der Waals surface area contributed by atoms with E-state index >= 15 is 0 Å². The Balaban J connectivity index is 1.68. The van der Waals surface area contributed by atoms with E-state index in [4.69, 9.17) is 9.47 Å². The molecule has 1 heterocycles. The van der Waals surface area contributed by atoms with Gasteiger partial charge in [0.2, 0.25) is 0 Å². The number of hydrogen-bond donors (Lipinski definition) is 1. The lowest BCUT2D eigenvalue weighted by molar-refractivity contribution is -0.384. The zero-order valence-corrected chi connectivity index (χ0v) is 19.3. The number of allylic oxidation sites excluding steroid dienone is 1. The lowest BCUT2D eigenvalue weighted by Gasteiger charge is -2.16. The van der Waals surface area contributed by atoms with Gasteiger partial charge in [0.15, 0.2) is 11.5 Å². The van der Waals surface area contributed by atoms with Crippen molar-refractivity contribution in [3.63, 3.8) is 0 Å². The van der Waals surface area contributed by atoms with Gasteiger partial charge >= 0.3 is 5.69 Å². The molecule has 0 unspecified atom stereocenters. The van der Waals surface area contributed by atoms with Crippen LogP contribution in [0.4, 0.5) is 5.69 Å². The van der Waals surface area contributed by atoms with Gasteiger partial charge in [0.1, 0.15) is 6.61 Å². The number of H-pyrrole nitrogens is 1. The van der Waals surface area contributed by atoms with E-state index in [-0.39, 0.29) is 12.3 Å². The molecule has 4 aromatic rings. The molecule has 0 saturated carbocycles. The van der Waals surface area contributed by atoms with Gasteiger partial charge in [-0.15, -0.1) is 11.3 Å². The topological polar surface area (TPSA) is 129 Å². The average molecular weight is 486 g/mol. The summed E-state index contributed by atoms with van der Waals surface area (Å²) < 4.78 is 12.3. The zero-order chi connectivity index (χ0) is 25.7. The van der Waals surface area contributed by atoms with Crippen molar-refractivity contribution in [2.24, 2.45) is 5.10 Å². The van der Waals surface area contributed by atoms with Gasteiger partial charge in [0.05, 0.1) is 29.2 Å². The van der Waals surface area contributed by atoms with Crippen LogP contribution in [-0.4, -0.2) is 27.9 Å². The molecule has 0 aliphatic carbocycles. The minimum atomic E-state index is -0.662. The summed E-state index contributed by atoms with van der Waals surface area (Å²) in [6.45, 7) is 3.86. The molecule has 0 saturated heterocycles. The lowest BCUT2D eigenvalue weighted by atomic mass is 10.1. The molecular formula is C26H22N4O6. The Kier molecular flexibility index (Phi) is 7.05. The van der Waals surface area contributed by atoms with Crippen LogP contribution in [0.1, 0.15) is 16.7 Å². The monoisotopic (exact) mass is 486 g/mol. The van der Waals surface area contributed by atoms with Gasteiger partial charge in [-0.1, -0.05) is 30.3 Å². The molecule has 1 N–H and O–H groups in total. The van der Waals surface area contributed by atoms with Gasteiger partial charge < -0.3 is 14.5 Å². The highest BCUT2D eigenvalue weighted by atomic mass is 16.6. The minimum Gasteiger partial charge on any atom is -0.493 e. The standard InChI is InChI=1S/C26H22N4O6/c1-3-7-19-12-18(15-27-29-25(31)21-10-4-5-11-22(21)28-26(29)32)14-23(35-2)24(19)36-16-17-8-6-9-20(13-17)30(33)34/h3-6,8-15H,1,7,16H2,2H3,(H,28,32). The summed E-state index contributed by atoms with van der Waals surface area (Å²) in [4.78, 5) is 38.4. The molecule has 0 aliphatic heterocycles. The van der Waals surface area contributed by atoms with Crippen LogP contribution in [0.3, 0.4) is 0 Å². The maximum atomic E-state index is 12.7. The van der Waals surface area contributed by atoms with Crippen LogP contribution in [0.5, 0.6) is 11.5 Å². The molecule has 0 spiro atoms. The highest BCUT2D eigenvalue weighted by Crippen LogP contribution is 2.34. The highest BCUT2D eigenvalue weighted by molar-refractivity contribution is 5.82. The first-order valence-electron chi connectivity index (χ1n) is 10.9. The zero-order valence-electron chi connectivity index (χ0n) is 19.3. The molecule has 182 valence electrons. The first-order valence-corrected chi connectivity index (χ1v) is 10.9. The summed E-state index contributed by atoms with van der Waals surface area (Å²) in [5, 5.41) is 15.5. The number of nitro benzene ring substituents is 1. The molecule has 4 rings (SSSR count). The number of aromatic amines is 1. The van der Waals surface area contributed by atoms with Crippen molar-refractivity contribution in [2.75, 3.05) is 7.11 Å². The Morgan fingerprint density at radius 1 is 1.14 bits per heavy atom. The maximum Gasteiger partial charge on any atom is 0.349 e. The van der Waals surface area contributed by atoms with Gasteiger partial charge in [-0.25, -0.2) is 4.79 Å². The summed E-state index contributed by atoms with van der Waals surface area (Å²) in [5.74, 6) is 0.836. The maximum absolute atomic E-state index is 12.7. The summed E-state index contributed by atoms with van der Waals surface area (Å²) >= 11 is 0. The van der Waals surface area contributed by atoms with E-state index in [0.29, 0.717) is 39.9 Å². The third-order valence-electron chi connectivity index (χ3n) is 5.35. The normalized spacial score (nSPS) is 11.0. The number of non-ortho nitro benzene ring substituents is 1. The number of nitrogens with one attached hydrogen (secondary N) is 1. The molecule has 0 atom stereocenters. The average Bonchev–Trinajstić information content (AvgIpc) is 2.88. The number of rotatable bonds is 9. The number of aromatic nitrogens is 2. The van der Waals surface area contributed by atoms with Gasteiger partial charge in [0, 0.05) is 17.7 Å². The third-order valence-corrected chi connectivity index (χ3v) is 5.35. The van der Waals surface area contributed by atoms with Crippen molar-refractivity contribution in [3.05, 3.63) is 121 Å².